The summed E-state index contributed by atoms with van der Waals surface area (Å²) in [7, 11) is 1.63. The molecular formula is C25H28BrN3O3S. The molecule has 1 heterocycles. The van der Waals surface area contributed by atoms with E-state index < -0.39 is 6.04 Å². The third-order valence-electron chi connectivity index (χ3n) is 6.08. The second-order valence-electron chi connectivity index (χ2n) is 8.40. The van der Waals surface area contributed by atoms with Gasteiger partial charge in [-0.3, -0.25) is 4.79 Å². The molecule has 1 aliphatic carbocycles. The van der Waals surface area contributed by atoms with Crippen molar-refractivity contribution >= 4 is 44.9 Å². The zero-order valence-corrected chi connectivity index (χ0v) is 21.4. The van der Waals surface area contributed by atoms with Crippen LogP contribution in [0.1, 0.15) is 49.8 Å². The lowest BCUT2D eigenvalue weighted by Crippen LogP contribution is -2.45. The number of ether oxygens (including phenoxy) is 2. The van der Waals surface area contributed by atoms with Crippen LogP contribution >= 0.6 is 28.1 Å². The number of allylic oxidation sites excluding steroid dienone is 1. The number of carbonyl (C=O) groups excluding carboxylic acids is 1. The molecule has 2 aliphatic rings. The zero-order chi connectivity index (χ0) is 23.5. The summed E-state index contributed by atoms with van der Waals surface area (Å²) in [6, 6.07) is 11.1. The Morgan fingerprint density at radius 3 is 2.61 bits per heavy atom. The van der Waals surface area contributed by atoms with Crippen molar-refractivity contribution < 1.29 is 14.3 Å². The summed E-state index contributed by atoms with van der Waals surface area (Å²) in [5, 5.41) is 9.84. The van der Waals surface area contributed by atoms with Crippen LogP contribution in [-0.2, 0) is 4.79 Å². The molecule has 33 heavy (non-hydrogen) atoms. The van der Waals surface area contributed by atoms with E-state index in [2.05, 4.69) is 31.9 Å². The molecule has 6 nitrogen and oxygen atoms in total. The van der Waals surface area contributed by atoms with Gasteiger partial charge in [-0.1, -0.05) is 18.2 Å². The van der Waals surface area contributed by atoms with Gasteiger partial charge in [0.1, 0.15) is 0 Å². The summed E-state index contributed by atoms with van der Waals surface area (Å²) in [5.41, 5.74) is 3.87. The number of methoxy groups -OCH3 is 1. The van der Waals surface area contributed by atoms with Gasteiger partial charge in [0.25, 0.3) is 5.91 Å². The average molecular weight is 530 g/mol. The molecule has 1 saturated carbocycles. The van der Waals surface area contributed by atoms with E-state index in [4.69, 9.17) is 21.7 Å². The van der Waals surface area contributed by atoms with Crippen molar-refractivity contribution in [3.05, 3.63) is 63.3 Å². The smallest absolute Gasteiger partial charge is 0.255 e. The Balaban J connectivity index is 1.68. The van der Waals surface area contributed by atoms with Crippen molar-refractivity contribution in [3.63, 3.8) is 0 Å². The number of anilines is 1. The van der Waals surface area contributed by atoms with Crippen molar-refractivity contribution in [1.82, 2.24) is 10.6 Å². The first-order valence-electron chi connectivity index (χ1n) is 11.1. The highest BCUT2D eigenvalue weighted by Crippen LogP contribution is 2.42. The minimum absolute atomic E-state index is 0.197. The summed E-state index contributed by atoms with van der Waals surface area (Å²) < 4.78 is 12.7. The minimum Gasteiger partial charge on any atom is -0.493 e. The predicted molar refractivity (Wildman–Crippen MR) is 138 cm³/mol. The molecule has 2 aromatic rings. The molecule has 4 rings (SSSR count). The van der Waals surface area contributed by atoms with Crippen molar-refractivity contribution in [3.8, 4) is 11.5 Å². The van der Waals surface area contributed by atoms with Crippen LogP contribution in [-0.4, -0.2) is 24.2 Å². The Morgan fingerprint density at radius 1 is 1.18 bits per heavy atom. The molecule has 8 heteroatoms. The van der Waals surface area contributed by atoms with Gasteiger partial charge in [-0.15, -0.1) is 0 Å². The van der Waals surface area contributed by atoms with Crippen LogP contribution in [0.2, 0.25) is 0 Å². The van der Waals surface area contributed by atoms with E-state index in [9.17, 15) is 4.79 Å². The predicted octanol–water partition coefficient (Wildman–Crippen LogP) is 5.52. The standard InChI is InChI=1S/C25H28BrN3O3S/c1-14-8-4-7-11-19(14)28-24(30)21-15(2)27-25(33)29-22(21)16-12-18(26)23(20(13-16)31-3)32-17-9-5-6-10-17/h4,7-8,11-13,17,22H,5-6,9-10H2,1-3H3,(H,28,30)(H2,27,29,33)/t22-/m1/s1. The average Bonchev–Trinajstić information content (AvgIpc) is 3.29. The first kappa shape index (κ1) is 23.6. The molecule has 0 saturated heterocycles. The Kier molecular flexibility index (Phi) is 7.24. The van der Waals surface area contributed by atoms with E-state index in [0.717, 1.165) is 34.1 Å². The van der Waals surface area contributed by atoms with Crippen LogP contribution in [0.3, 0.4) is 0 Å². The first-order chi connectivity index (χ1) is 15.9. The Morgan fingerprint density at radius 2 is 1.91 bits per heavy atom. The molecule has 0 aromatic heterocycles. The number of amides is 1. The molecule has 3 N–H and O–H groups in total. The number of thiocarbonyl (C=S) groups is 1. The Labute approximate surface area is 208 Å². The molecule has 0 radical (unpaired) electrons. The van der Waals surface area contributed by atoms with E-state index in [1.807, 2.05) is 50.2 Å². The summed E-state index contributed by atoms with van der Waals surface area (Å²) in [5.74, 6) is 1.11. The third-order valence-corrected chi connectivity index (χ3v) is 6.89. The van der Waals surface area contributed by atoms with Gasteiger partial charge in [0.05, 0.1) is 29.3 Å². The van der Waals surface area contributed by atoms with Crippen LogP contribution in [0.25, 0.3) is 0 Å². The maximum absolute atomic E-state index is 13.4. The second-order valence-corrected chi connectivity index (χ2v) is 9.66. The monoisotopic (exact) mass is 529 g/mol. The van der Waals surface area contributed by atoms with Crippen LogP contribution in [0, 0.1) is 6.92 Å². The fourth-order valence-corrected chi connectivity index (χ4v) is 5.17. The largest absolute Gasteiger partial charge is 0.493 e. The minimum atomic E-state index is -0.450. The fourth-order valence-electron chi connectivity index (χ4n) is 4.34. The number of halogens is 1. The molecule has 0 unspecified atom stereocenters. The number of aryl methyl sites for hydroxylation is 1. The van der Waals surface area contributed by atoms with Crippen molar-refractivity contribution in [1.29, 1.82) is 0 Å². The molecule has 1 fully saturated rings. The maximum atomic E-state index is 13.4. The van der Waals surface area contributed by atoms with Crippen LogP contribution in [0.5, 0.6) is 11.5 Å². The number of para-hydroxylation sites is 1. The van der Waals surface area contributed by atoms with Gasteiger partial charge >= 0.3 is 0 Å². The Hall–Kier alpha value is -2.58. The number of hydrogen-bond acceptors (Lipinski definition) is 4. The van der Waals surface area contributed by atoms with Gasteiger partial charge in [0.2, 0.25) is 0 Å². The van der Waals surface area contributed by atoms with Gasteiger partial charge in [0.15, 0.2) is 16.6 Å². The van der Waals surface area contributed by atoms with Crippen LogP contribution < -0.4 is 25.4 Å². The van der Waals surface area contributed by atoms with E-state index in [1.54, 1.807) is 7.11 Å². The highest BCUT2D eigenvalue weighted by molar-refractivity contribution is 9.10. The Bertz CT molecular complexity index is 1110. The molecular weight excluding hydrogens is 502 g/mol. The number of rotatable bonds is 6. The molecule has 2 aromatic carbocycles. The van der Waals surface area contributed by atoms with Gasteiger partial charge in [-0.05, 0) is 97.0 Å². The summed E-state index contributed by atoms with van der Waals surface area (Å²) in [6.07, 6.45) is 4.66. The van der Waals surface area contributed by atoms with Gasteiger partial charge in [-0.2, -0.15) is 0 Å². The second kappa shape index (κ2) is 10.1. The summed E-state index contributed by atoms with van der Waals surface area (Å²) in [4.78, 5) is 13.4. The van der Waals surface area contributed by atoms with E-state index in [0.29, 0.717) is 27.9 Å². The van der Waals surface area contributed by atoms with Crippen molar-refractivity contribution in [2.24, 2.45) is 0 Å². The molecule has 174 valence electrons. The fraction of sp³-hybridized carbons (Fsp3) is 0.360. The zero-order valence-electron chi connectivity index (χ0n) is 19.0. The van der Waals surface area contributed by atoms with Crippen molar-refractivity contribution in [2.45, 2.75) is 51.7 Å². The lowest BCUT2D eigenvalue weighted by molar-refractivity contribution is -0.113. The number of carbonyl (C=O) groups is 1. The summed E-state index contributed by atoms with van der Waals surface area (Å²) >= 11 is 9.07. The topological polar surface area (TPSA) is 71.6 Å². The molecule has 1 aliphatic heterocycles. The highest BCUT2D eigenvalue weighted by atomic mass is 79.9. The van der Waals surface area contributed by atoms with Gasteiger partial charge in [0, 0.05) is 11.4 Å². The SMILES string of the molecule is COc1cc([C@H]2NC(=S)NC(C)=C2C(=O)Nc2ccccc2C)cc(Br)c1OC1CCCC1. The van der Waals surface area contributed by atoms with Gasteiger partial charge in [-0.25, -0.2) is 0 Å². The molecule has 0 bridgehead atoms. The lowest BCUT2D eigenvalue weighted by atomic mass is 9.94. The van der Waals surface area contributed by atoms with E-state index in [1.165, 1.54) is 12.8 Å². The number of nitrogens with one attached hydrogen (secondary N) is 3. The summed E-state index contributed by atoms with van der Waals surface area (Å²) in [6.45, 7) is 3.82. The molecule has 1 amide bonds. The first-order valence-corrected chi connectivity index (χ1v) is 12.3. The number of hydrogen-bond donors (Lipinski definition) is 3. The molecule has 1 atom stereocenters. The quantitative estimate of drug-likeness (QED) is 0.428. The highest BCUT2D eigenvalue weighted by Gasteiger charge is 2.32. The molecule has 0 spiro atoms. The van der Waals surface area contributed by atoms with E-state index >= 15 is 0 Å². The lowest BCUT2D eigenvalue weighted by Gasteiger charge is -2.31. The van der Waals surface area contributed by atoms with E-state index in [-0.39, 0.29) is 12.0 Å². The normalized spacial score (nSPS) is 18.5. The van der Waals surface area contributed by atoms with Crippen LogP contribution in [0.15, 0.2) is 52.1 Å². The third kappa shape index (κ3) is 5.17. The van der Waals surface area contributed by atoms with Gasteiger partial charge < -0.3 is 25.4 Å². The number of benzene rings is 2. The van der Waals surface area contributed by atoms with Crippen LogP contribution in [0.4, 0.5) is 5.69 Å². The van der Waals surface area contributed by atoms with Crippen molar-refractivity contribution in [2.75, 3.05) is 12.4 Å². The maximum Gasteiger partial charge on any atom is 0.255 e.